The summed E-state index contributed by atoms with van der Waals surface area (Å²) in [5.41, 5.74) is 7.96. The molecule has 0 radical (unpaired) electrons. The van der Waals surface area contributed by atoms with Crippen LogP contribution in [0.25, 0.3) is 0 Å². The minimum Gasteiger partial charge on any atom is -0.395 e. The van der Waals surface area contributed by atoms with E-state index in [-0.39, 0.29) is 5.91 Å². The Kier molecular flexibility index (Phi) is 6.55. The maximum absolute atomic E-state index is 12.7. The molecule has 0 unspecified atom stereocenters. The number of nitrogens with zero attached hydrogens (tertiary/aromatic N) is 3. The molecule has 1 rings (SSSR count). The minimum absolute atomic E-state index is 0.0131. The van der Waals surface area contributed by atoms with Gasteiger partial charge in [0.25, 0.3) is 5.91 Å². The summed E-state index contributed by atoms with van der Waals surface area (Å²) in [5.74, 6) is 0.0131. The molecule has 0 aliphatic rings. The Morgan fingerprint density at radius 2 is 1.75 bits per heavy atom. The Labute approximate surface area is 122 Å². The molecule has 0 aromatic carbocycles. The maximum atomic E-state index is 12.7. The lowest BCUT2D eigenvalue weighted by molar-refractivity contribution is 0.0741. The summed E-state index contributed by atoms with van der Waals surface area (Å²) in [5, 5.41) is 4.34. The second kappa shape index (κ2) is 7.92. The number of nitrogens with two attached hydrogens (primary N) is 1. The van der Waals surface area contributed by atoms with E-state index in [1.165, 1.54) is 0 Å². The average Bonchev–Trinajstić information content (AvgIpc) is 2.73. The van der Waals surface area contributed by atoms with Gasteiger partial charge in [-0.2, -0.15) is 5.10 Å². The van der Waals surface area contributed by atoms with Gasteiger partial charge in [0.05, 0.1) is 11.4 Å². The topological polar surface area (TPSA) is 64.2 Å². The average molecular weight is 280 g/mol. The lowest BCUT2D eigenvalue weighted by atomic mass is 10.2. The van der Waals surface area contributed by atoms with Crippen LogP contribution in [-0.2, 0) is 13.5 Å². The molecule has 0 aliphatic carbocycles. The number of aryl methyl sites for hydroxylation is 2. The fourth-order valence-electron chi connectivity index (χ4n) is 2.27. The van der Waals surface area contributed by atoms with E-state index in [1.54, 1.807) is 11.7 Å². The van der Waals surface area contributed by atoms with Crippen LogP contribution in [0, 0.1) is 0 Å². The third kappa shape index (κ3) is 3.74. The van der Waals surface area contributed by atoms with Crippen LogP contribution in [0.2, 0.25) is 0 Å². The van der Waals surface area contributed by atoms with Crippen LogP contribution in [0.15, 0.2) is 0 Å². The lowest BCUT2D eigenvalue weighted by Crippen LogP contribution is -2.34. The van der Waals surface area contributed by atoms with Crippen molar-refractivity contribution in [2.45, 2.75) is 52.9 Å². The zero-order chi connectivity index (χ0) is 15.1. The van der Waals surface area contributed by atoms with Gasteiger partial charge in [0.2, 0.25) is 0 Å². The number of anilines is 1. The van der Waals surface area contributed by atoms with Crippen molar-refractivity contribution >= 4 is 11.6 Å². The summed E-state index contributed by atoms with van der Waals surface area (Å²) < 4.78 is 1.63. The van der Waals surface area contributed by atoms with Crippen molar-refractivity contribution in [1.29, 1.82) is 0 Å². The Bertz CT molecular complexity index is 431. The van der Waals surface area contributed by atoms with Crippen molar-refractivity contribution in [1.82, 2.24) is 14.7 Å². The number of amides is 1. The molecular formula is C15H28N4O. The monoisotopic (exact) mass is 280 g/mol. The van der Waals surface area contributed by atoms with Crippen LogP contribution in [0.3, 0.4) is 0 Å². The number of carbonyl (C=O) groups excluding carboxylic acids is 1. The van der Waals surface area contributed by atoms with Gasteiger partial charge in [-0.25, -0.2) is 0 Å². The molecule has 2 N–H and O–H groups in total. The fourth-order valence-corrected chi connectivity index (χ4v) is 2.27. The Morgan fingerprint density at radius 3 is 2.15 bits per heavy atom. The number of nitrogen functional groups attached to an aromatic ring is 1. The van der Waals surface area contributed by atoms with Crippen LogP contribution in [-0.4, -0.2) is 33.7 Å². The van der Waals surface area contributed by atoms with Gasteiger partial charge in [0.15, 0.2) is 0 Å². The van der Waals surface area contributed by atoms with Crippen molar-refractivity contribution < 1.29 is 4.79 Å². The first-order chi connectivity index (χ1) is 9.56. The third-order valence-electron chi connectivity index (χ3n) is 3.55. The van der Waals surface area contributed by atoms with Gasteiger partial charge in [-0.15, -0.1) is 0 Å². The van der Waals surface area contributed by atoms with Crippen LogP contribution in [0.5, 0.6) is 0 Å². The summed E-state index contributed by atoms with van der Waals surface area (Å²) >= 11 is 0. The molecule has 5 nitrogen and oxygen atoms in total. The third-order valence-corrected chi connectivity index (χ3v) is 3.55. The Hall–Kier alpha value is -1.52. The van der Waals surface area contributed by atoms with Crippen LogP contribution in [0.4, 0.5) is 5.69 Å². The summed E-state index contributed by atoms with van der Waals surface area (Å²) in [7, 11) is 1.79. The largest absolute Gasteiger partial charge is 0.395 e. The fraction of sp³-hybridized carbons (Fsp3) is 0.733. The van der Waals surface area contributed by atoms with Crippen molar-refractivity contribution in [3.8, 4) is 0 Å². The number of hydrogen-bond donors (Lipinski definition) is 1. The second-order valence-electron chi connectivity index (χ2n) is 5.19. The van der Waals surface area contributed by atoms with Crippen LogP contribution >= 0.6 is 0 Å². The molecule has 20 heavy (non-hydrogen) atoms. The molecule has 0 bridgehead atoms. The summed E-state index contributed by atoms with van der Waals surface area (Å²) in [6.45, 7) is 7.86. The van der Waals surface area contributed by atoms with E-state index in [2.05, 4.69) is 18.9 Å². The molecule has 114 valence electrons. The molecule has 0 fully saturated rings. The molecule has 0 atom stereocenters. The zero-order valence-corrected chi connectivity index (χ0v) is 13.3. The predicted molar refractivity (Wildman–Crippen MR) is 82.7 cm³/mol. The van der Waals surface area contributed by atoms with Crippen molar-refractivity contribution in [2.24, 2.45) is 7.05 Å². The van der Waals surface area contributed by atoms with Gasteiger partial charge in [0.1, 0.15) is 5.69 Å². The molecule has 0 aliphatic heterocycles. The molecule has 1 heterocycles. The number of carbonyl (C=O) groups is 1. The number of rotatable bonds is 8. The molecule has 0 spiro atoms. The normalized spacial score (nSPS) is 10.8. The van der Waals surface area contributed by atoms with Gasteiger partial charge < -0.3 is 10.6 Å². The molecule has 1 aromatic rings. The first-order valence-corrected chi connectivity index (χ1v) is 7.67. The molecule has 0 saturated carbocycles. The SMILES string of the molecule is CCCCN(CCCC)C(=O)c1c(N)c(CC)nn1C. The Balaban J connectivity index is 2.95. The quantitative estimate of drug-likeness (QED) is 0.796. The second-order valence-corrected chi connectivity index (χ2v) is 5.19. The molecule has 0 saturated heterocycles. The van der Waals surface area contributed by atoms with Crippen molar-refractivity contribution in [2.75, 3.05) is 18.8 Å². The number of aromatic nitrogens is 2. The van der Waals surface area contributed by atoms with Crippen molar-refractivity contribution in [3.05, 3.63) is 11.4 Å². The van der Waals surface area contributed by atoms with Gasteiger partial charge in [-0.05, 0) is 19.3 Å². The maximum Gasteiger partial charge on any atom is 0.274 e. The predicted octanol–water partition coefficient (Wildman–Crippen LogP) is 2.61. The van der Waals surface area contributed by atoms with E-state index in [1.807, 2.05) is 11.8 Å². The van der Waals surface area contributed by atoms with E-state index in [0.717, 1.165) is 50.9 Å². The summed E-state index contributed by atoms with van der Waals surface area (Å²) in [6, 6.07) is 0. The molecule has 5 heteroatoms. The standard InChI is InChI=1S/C15H28N4O/c1-5-8-10-19(11-9-6-2)15(20)14-13(16)12(7-3)17-18(14)4/h5-11,16H2,1-4H3. The highest BCUT2D eigenvalue weighted by Gasteiger charge is 2.23. The van der Waals surface area contributed by atoms with Crippen LogP contribution in [0.1, 0.15) is 62.6 Å². The highest BCUT2D eigenvalue weighted by atomic mass is 16.2. The Morgan fingerprint density at radius 1 is 1.20 bits per heavy atom. The highest BCUT2D eigenvalue weighted by Crippen LogP contribution is 2.19. The smallest absolute Gasteiger partial charge is 0.274 e. The summed E-state index contributed by atoms with van der Waals surface area (Å²) in [6.07, 6.45) is 4.95. The molecule has 1 amide bonds. The zero-order valence-electron chi connectivity index (χ0n) is 13.3. The van der Waals surface area contributed by atoms with E-state index in [9.17, 15) is 4.79 Å². The van der Waals surface area contributed by atoms with E-state index < -0.39 is 0 Å². The van der Waals surface area contributed by atoms with Crippen LogP contribution < -0.4 is 5.73 Å². The number of hydrogen-bond acceptors (Lipinski definition) is 3. The van der Waals surface area contributed by atoms with E-state index >= 15 is 0 Å². The van der Waals surface area contributed by atoms with Crippen molar-refractivity contribution in [3.63, 3.8) is 0 Å². The van der Waals surface area contributed by atoms with Gasteiger partial charge in [-0.1, -0.05) is 33.6 Å². The van der Waals surface area contributed by atoms with Gasteiger partial charge in [-0.3, -0.25) is 9.48 Å². The van der Waals surface area contributed by atoms with Gasteiger partial charge >= 0.3 is 0 Å². The summed E-state index contributed by atoms with van der Waals surface area (Å²) in [4.78, 5) is 14.6. The lowest BCUT2D eigenvalue weighted by Gasteiger charge is -2.22. The molecular weight excluding hydrogens is 252 g/mol. The van der Waals surface area contributed by atoms with E-state index in [0.29, 0.717) is 11.4 Å². The highest BCUT2D eigenvalue weighted by molar-refractivity contribution is 5.98. The van der Waals surface area contributed by atoms with E-state index in [4.69, 9.17) is 5.73 Å². The minimum atomic E-state index is 0.0131. The first kappa shape index (κ1) is 16.5. The van der Waals surface area contributed by atoms with Gasteiger partial charge in [0, 0.05) is 20.1 Å². The number of unbranched alkanes of at least 4 members (excludes halogenated alkanes) is 2. The molecule has 1 aromatic heterocycles. The first-order valence-electron chi connectivity index (χ1n) is 7.67.